The minimum atomic E-state index is -0.288. The van der Waals surface area contributed by atoms with Gasteiger partial charge in [-0.3, -0.25) is 4.68 Å². The van der Waals surface area contributed by atoms with E-state index in [4.69, 9.17) is 9.84 Å². The number of hydrogen-bond donors (Lipinski definition) is 0. The van der Waals surface area contributed by atoms with Crippen molar-refractivity contribution in [2.75, 3.05) is 0 Å². The van der Waals surface area contributed by atoms with Gasteiger partial charge in [0.25, 0.3) is 0 Å². The van der Waals surface area contributed by atoms with E-state index in [1.807, 2.05) is 53.4 Å². The summed E-state index contributed by atoms with van der Waals surface area (Å²) in [4.78, 5) is 4.64. The molecule has 0 spiro atoms. The maximum absolute atomic E-state index is 14.4. The van der Waals surface area contributed by atoms with Crippen molar-refractivity contribution in [3.63, 3.8) is 0 Å². The molecule has 0 N–H and O–H groups in total. The monoisotopic (exact) mass is 801 g/mol. The van der Waals surface area contributed by atoms with Crippen LogP contribution in [0.5, 0.6) is 11.5 Å². The van der Waals surface area contributed by atoms with E-state index in [0.29, 0.717) is 17.4 Å². The van der Waals surface area contributed by atoms with Crippen LogP contribution in [-0.4, -0.2) is 19.3 Å². The van der Waals surface area contributed by atoms with E-state index < -0.39 is 0 Å². The second kappa shape index (κ2) is 13.3. The molecule has 0 radical (unpaired) electrons. The standard InChI is InChI=1S/C40H35FN4O.Pt/c1-25(2)11-12-29-20-32(45-28(5)40(27(4)43-45)30-9-7-6-8-10-30)23-34(21-29)46-33-14-15-35-36-22-31(41)13-16-37(36)44(38(35)24-33)39-19-26(3)17-18-42-39;/h6-10,13-22,25H,11-12H2,1-5H3;/q-2;+2. The SMILES string of the molecule is Cc1ccnc(-n2c3[c-]c(Oc4[c-]c(-n5nc(C)c(-c6ccccc6)c5C)cc(CCC(C)C)c4)ccc3c3cc(F)ccc32)c1.[Pt+2]. The molecule has 0 aliphatic rings. The first-order chi connectivity index (χ1) is 22.2. The number of aryl methyl sites for hydroxylation is 3. The molecule has 0 unspecified atom stereocenters. The Kier molecular flexibility index (Phi) is 9.16. The molecule has 47 heavy (non-hydrogen) atoms. The Morgan fingerprint density at radius 1 is 0.851 bits per heavy atom. The first kappa shape index (κ1) is 32.4. The van der Waals surface area contributed by atoms with Crippen molar-refractivity contribution in [3.8, 4) is 34.1 Å². The van der Waals surface area contributed by atoms with Gasteiger partial charge < -0.3 is 9.30 Å². The van der Waals surface area contributed by atoms with Gasteiger partial charge in [-0.2, -0.15) is 16.7 Å². The summed E-state index contributed by atoms with van der Waals surface area (Å²) in [5.41, 5.74) is 8.94. The fourth-order valence-corrected chi connectivity index (χ4v) is 6.21. The molecule has 0 bridgehead atoms. The van der Waals surface area contributed by atoms with Crippen LogP contribution in [0, 0.1) is 44.6 Å². The predicted octanol–water partition coefficient (Wildman–Crippen LogP) is 10.1. The number of nitrogens with zero attached hydrogens (tertiary/aromatic N) is 4. The molecule has 7 rings (SSSR count). The topological polar surface area (TPSA) is 44.9 Å². The van der Waals surface area contributed by atoms with Crippen LogP contribution in [0.1, 0.15) is 42.8 Å². The number of hydrogen-bond acceptors (Lipinski definition) is 3. The quantitative estimate of drug-likeness (QED) is 0.144. The van der Waals surface area contributed by atoms with Gasteiger partial charge in [0.1, 0.15) is 11.6 Å². The third kappa shape index (κ3) is 6.40. The second-order valence-corrected chi connectivity index (χ2v) is 12.4. The largest absolute Gasteiger partial charge is 2.00 e. The Balaban J connectivity index is 0.00000386. The minimum absolute atomic E-state index is 0. The van der Waals surface area contributed by atoms with Gasteiger partial charge in [-0.15, -0.1) is 35.7 Å². The zero-order valence-electron chi connectivity index (χ0n) is 27.0. The van der Waals surface area contributed by atoms with E-state index in [-0.39, 0.29) is 26.9 Å². The van der Waals surface area contributed by atoms with Crippen molar-refractivity contribution >= 4 is 21.8 Å². The molecule has 7 aromatic rings. The molecule has 3 aromatic heterocycles. The molecule has 0 atom stereocenters. The number of fused-ring (bicyclic) bond motifs is 3. The summed E-state index contributed by atoms with van der Waals surface area (Å²) in [5, 5.41) is 6.61. The maximum atomic E-state index is 14.4. The minimum Gasteiger partial charge on any atom is -0.509 e. The average Bonchev–Trinajstić information content (AvgIpc) is 3.52. The van der Waals surface area contributed by atoms with Gasteiger partial charge in [-0.1, -0.05) is 56.1 Å². The smallest absolute Gasteiger partial charge is 0.509 e. The number of rotatable bonds is 8. The van der Waals surface area contributed by atoms with Crippen molar-refractivity contribution in [1.29, 1.82) is 0 Å². The van der Waals surface area contributed by atoms with Crippen LogP contribution in [0.25, 0.3) is 44.4 Å². The summed E-state index contributed by atoms with van der Waals surface area (Å²) in [6.07, 6.45) is 3.74. The van der Waals surface area contributed by atoms with Crippen molar-refractivity contribution in [2.45, 2.75) is 47.5 Å². The first-order valence-electron chi connectivity index (χ1n) is 15.7. The van der Waals surface area contributed by atoms with Crippen molar-refractivity contribution < 1.29 is 30.2 Å². The molecule has 0 fully saturated rings. The van der Waals surface area contributed by atoms with Crippen LogP contribution in [0.15, 0.2) is 91.1 Å². The van der Waals surface area contributed by atoms with Gasteiger partial charge in [0.15, 0.2) is 0 Å². The summed E-state index contributed by atoms with van der Waals surface area (Å²) in [6.45, 7) is 10.6. The molecule has 3 heterocycles. The average molecular weight is 802 g/mol. The van der Waals surface area contributed by atoms with Crippen molar-refractivity contribution in [1.82, 2.24) is 19.3 Å². The van der Waals surface area contributed by atoms with E-state index in [1.54, 1.807) is 18.3 Å². The molecule has 0 saturated heterocycles. The molecule has 7 heteroatoms. The van der Waals surface area contributed by atoms with E-state index in [9.17, 15) is 4.39 Å². The summed E-state index contributed by atoms with van der Waals surface area (Å²) in [7, 11) is 0. The Labute approximate surface area is 289 Å². The van der Waals surface area contributed by atoms with Crippen LogP contribution in [0.4, 0.5) is 4.39 Å². The van der Waals surface area contributed by atoms with E-state index >= 15 is 0 Å². The molecule has 238 valence electrons. The fraction of sp³-hybridized carbons (Fsp3) is 0.200. The third-order valence-corrected chi connectivity index (χ3v) is 8.44. The maximum Gasteiger partial charge on any atom is 2.00 e. The van der Waals surface area contributed by atoms with Gasteiger partial charge in [0.05, 0.1) is 5.69 Å². The van der Waals surface area contributed by atoms with Gasteiger partial charge in [0.2, 0.25) is 0 Å². The van der Waals surface area contributed by atoms with E-state index in [0.717, 1.165) is 79.8 Å². The predicted molar refractivity (Wildman–Crippen MR) is 183 cm³/mol. The van der Waals surface area contributed by atoms with Gasteiger partial charge in [-0.05, 0) is 85.6 Å². The number of ether oxygens (including phenoxy) is 1. The summed E-state index contributed by atoms with van der Waals surface area (Å²) in [6, 6.07) is 34.2. The number of aromatic nitrogens is 4. The second-order valence-electron chi connectivity index (χ2n) is 12.4. The van der Waals surface area contributed by atoms with Gasteiger partial charge >= 0.3 is 21.1 Å². The Hall–Kier alpha value is -4.54. The van der Waals surface area contributed by atoms with Gasteiger partial charge in [-0.25, -0.2) is 9.37 Å². The van der Waals surface area contributed by atoms with Crippen LogP contribution in [0.3, 0.4) is 0 Å². The zero-order valence-corrected chi connectivity index (χ0v) is 29.3. The van der Waals surface area contributed by atoms with Crippen LogP contribution in [0.2, 0.25) is 0 Å². The molecule has 0 aliphatic heterocycles. The van der Waals surface area contributed by atoms with Gasteiger partial charge in [0, 0.05) is 34.5 Å². The van der Waals surface area contributed by atoms with E-state index in [2.05, 4.69) is 74.3 Å². The first-order valence-corrected chi connectivity index (χ1v) is 15.7. The molecule has 0 saturated carbocycles. The number of pyridine rings is 1. The number of halogens is 1. The summed E-state index contributed by atoms with van der Waals surface area (Å²) >= 11 is 0. The molecule has 4 aromatic carbocycles. The normalized spacial score (nSPS) is 11.4. The molecule has 5 nitrogen and oxygen atoms in total. The fourth-order valence-electron chi connectivity index (χ4n) is 6.21. The van der Waals surface area contributed by atoms with Crippen LogP contribution >= 0.6 is 0 Å². The zero-order chi connectivity index (χ0) is 31.9. The van der Waals surface area contributed by atoms with Crippen LogP contribution in [-0.2, 0) is 27.5 Å². The Morgan fingerprint density at radius 2 is 1.66 bits per heavy atom. The van der Waals surface area contributed by atoms with Crippen molar-refractivity contribution in [2.24, 2.45) is 5.92 Å². The Morgan fingerprint density at radius 3 is 2.43 bits per heavy atom. The molecule has 0 amide bonds. The summed E-state index contributed by atoms with van der Waals surface area (Å²) in [5.74, 6) is 2.13. The molecular formula is C40H35FN4OPt. The van der Waals surface area contributed by atoms with Crippen molar-refractivity contribution in [3.05, 3.63) is 132 Å². The molecular weight excluding hydrogens is 767 g/mol. The Bertz CT molecular complexity index is 2220. The summed E-state index contributed by atoms with van der Waals surface area (Å²) < 4.78 is 24.9. The molecule has 0 aliphatic carbocycles. The third-order valence-electron chi connectivity index (χ3n) is 8.44. The van der Waals surface area contributed by atoms with E-state index in [1.165, 1.54) is 6.07 Å². The van der Waals surface area contributed by atoms with Crippen LogP contribution < -0.4 is 4.74 Å². The number of benzene rings is 4.